The summed E-state index contributed by atoms with van der Waals surface area (Å²) in [6.45, 7) is 2.05. The Labute approximate surface area is 112 Å². The van der Waals surface area contributed by atoms with Crippen molar-refractivity contribution < 1.29 is 9.90 Å². The van der Waals surface area contributed by atoms with Gasteiger partial charge in [-0.25, -0.2) is 4.98 Å². The number of carbonyl (C=O) groups is 1. The molecule has 1 saturated carbocycles. The standard InChI is InChI=1S/C14H17N3O2/c1-14(9-18)6-2-3-12(14)17-13(19)11-5-4-10(7-15)8-16-11/h4-5,8,12,18H,2-3,6,9H2,1H3,(H,17,19). The first-order valence-corrected chi connectivity index (χ1v) is 6.37. The lowest BCUT2D eigenvalue weighted by Gasteiger charge is -2.29. The number of nitriles is 1. The van der Waals surface area contributed by atoms with E-state index in [0.29, 0.717) is 11.3 Å². The first-order chi connectivity index (χ1) is 9.09. The molecule has 5 nitrogen and oxygen atoms in total. The number of aromatic nitrogens is 1. The lowest BCUT2D eigenvalue weighted by atomic mass is 9.86. The molecule has 1 aromatic rings. The summed E-state index contributed by atoms with van der Waals surface area (Å²) in [5, 5.41) is 21.1. The molecule has 2 atom stereocenters. The molecule has 1 amide bonds. The molecule has 1 aliphatic carbocycles. The largest absolute Gasteiger partial charge is 0.396 e. The molecule has 0 radical (unpaired) electrons. The van der Waals surface area contributed by atoms with Crippen LogP contribution in [0, 0.1) is 16.7 Å². The lowest BCUT2D eigenvalue weighted by Crippen LogP contribution is -2.44. The van der Waals surface area contributed by atoms with E-state index in [1.54, 1.807) is 12.1 Å². The quantitative estimate of drug-likeness (QED) is 0.855. The molecule has 2 rings (SSSR count). The van der Waals surface area contributed by atoms with Crippen molar-refractivity contribution in [1.82, 2.24) is 10.3 Å². The van der Waals surface area contributed by atoms with Crippen molar-refractivity contribution in [2.24, 2.45) is 5.41 Å². The predicted molar refractivity (Wildman–Crippen MR) is 69.3 cm³/mol. The maximum absolute atomic E-state index is 12.1. The van der Waals surface area contributed by atoms with Gasteiger partial charge in [-0.2, -0.15) is 5.26 Å². The molecular weight excluding hydrogens is 242 g/mol. The molecule has 1 heterocycles. The molecule has 1 aliphatic rings. The SMILES string of the molecule is CC1(CO)CCCC1NC(=O)c1ccc(C#N)cn1. The fourth-order valence-electron chi connectivity index (χ4n) is 2.49. The van der Waals surface area contributed by atoms with E-state index in [-0.39, 0.29) is 24.0 Å². The van der Waals surface area contributed by atoms with E-state index >= 15 is 0 Å². The monoisotopic (exact) mass is 259 g/mol. The van der Waals surface area contributed by atoms with Crippen LogP contribution in [0.15, 0.2) is 18.3 Å². The zero-order chi connectivity index (χ0) is 13.9. The number of aliphatic hydroxyl groups is 1. The summed E-state index contributed by atoms with van der Waals surface area (Å²) >= 11 is 0. The van der Waals surface area contributed by atoms with Gasteiger partial charge in [0, 0.05) is 17.7 Å². The number of pyridine rings is 1. The van der Waals surface area contributed by atoms with Gasteiger partial charge in [-0.15, -0.1) is 0 Å². The van der Waals surface area contributed by atoms with Crippen LogP contribution >= 0.6 is 0 Å². The molecular formula is C14H17N3O2. The number of amides is 1. The predicted octanol–water partition coefficient (Wildman–Crippen LogP) is 1.23. The molecule has 0 aliphatic heterocycles. The van der Waals surface area contributed by atoms with Gasteiger partial charge in [0.1, 0.15) is 11.8 Å². The molecule has 0 saturated heterocycles. The van der Waals surface area contributed by atoms with Crippen LogP contribution in [-0.2, 0) is 0 Å². The molecule has 0 aromatic carbocycles. The fraction of sp³-hybridized carbons (Fsp3) is 0.500. The Hall–Kier alpha value is -1.93. The van der Waals surface area contributed by atoms with Crippen LogP contribution < -0.4 is 5.32 Å². The van der Waals surface area contributed by atoms with Gasteiger partial charge in [0.25, 0.3) is 5.91 Å². The number of aliphatic hydroxyl groups excluding tert-OH is 1. The van der Waals surface area contributed by atoms with Gasteiger partial charge in [-0.3, -0.25) is 4.79 Å². The van der Waals surface area contributed by atoms with Crippen LogP contribution in [-0.4, -0.2) is 28.6 Å². The zero-order valence-electron chi connectivity index (χ0n) is 10.9. The Balaban J connectivity index is 2.06. The Bertz CT molecular complexity index is 506. The minimum atomic E-state index is -0.254. The Morgan fingerprint density at radius 3 is 3.05 bits per heavy atom. The van der Waals surface area contributed by atoms with E-state index < -0.39 is 0 Å². The van der Waals surface area contributed by atoms with Gasteiger partial charge in [0.2, 0.25) is 0 Å². The van der Waals surface area contributed by atoms with Crippen LogP contribution in [0.25, 0.3) is 0 Å². The minimum Gasteiger partial charge on any atom is -0.396 e. The maximum atomic E-state index is 12.1. The van der Waals surface area contributed by atoms with Crippen LogP contribution in [0.4, 0.5) is 0 Å². The summed E-state index contributed by atoms with van der Waals surface area (Å²) in [6.07, 6.45) is 4.17. The third kappa shape index (κ3) is 2.74. The van der Waals surface area contributed by atoms with Crippen LogP contribution in [0.1, 0.15) is 42.2 Å². The van der Waals surface area contributed by atoms with Gasteiger partial charge in [-0.05, 0) is 25.0 Å². The minimum absolute atomic E-state index is 0.0255. The molecule has 2 unspecified atom stereocenters. The second kappa shape index (κ2) is 5.37. The molecule has 1 aromatic heterocycles. The van der Waals surface area contributed by atoms with Gasteiger partial charge in [-0.1, -0.05) is 13.3 Å². The van der Waals surface area contributed by atoms with Crippen molar-refractivity contribution in [3.63, 3.8) is 0 Å². The van der Waals surface area contributed by atoms with E-state index in [1.165, 1.54) is 6.20 Å². The van der Waals surface area contributed by atoms with E-state index in [2.05, 4.69) is 10.3 Å². The average molecular weight is 259 g/mol. The third-order valence-electron chi connectivity index (χ3n) is 3.87. The number of nitrogens with zero attached hydrogens (tertiary/aromatic N) is 2. The smallest absolute Gasteiger partial charge is 0.270 e. The number of nitrogens with one attached hydrogen (secondary N) is 1. The molecule has 2 N–H and O–H groups in total. The zero-order valence-corrected chi connectivity index (χ0v) is 10.9. The normalized spacial score (nSPS) is 25.8. The third-order valence-corrected chi connectivity index (χ3v) is 3.87. The Kier molecular flexibility index (Phi) is 3.82. The summed E-state index contributed by atoms with van der Waals surface area (Å²) in [6, 6.07) is 5.05. The number of hydrogen-bond acceptors (Lipinski definition) is 4. The summed E-state index contributed by atoms with van der Waals surface area (Å²) in [5.74, 6) is -0.254. The highest BCUT2D eigenvalue weighted by Crippen LogP contribution is 2.37. The molecule has 19 heavy (non-hydrogen) atoms. The Morgan fingerprint density at radius 2 is 2.47 bits per heavy atom. The molecule has 5 heteroatoms. The summed E-state index contributed by atoms with van der Waals surface area (Å²) in [7, 11) is 0. The summed E-state index contributed by atoms with van der Waals surface area (Å²) in [4.78, 5) is 16.0. The van der Waals surface area contributed by atoms with Crippen LogP contribution in [0.5, 0.6) is 0 Å². The second-order valence-electron chi connectivity index (χ2n) is 5.27. The molecule has 0 bridgehead atoms. The van der Waals surface area contributed by atoms with Crippen molar-refractivity contribution in [3.8, 4) is 6.07 Å². The van der Waals surface area contributed by atoms with Crippen molar-refractivity contribution >= 4 is 5.91 Å². The maximum Gasteiger partial charge on any atom is 0.270 e. The van der Waals surface area contributed by atoms with E-state index in [1.807, 2.05) is 13.0 Å². The van der Waals surface area contributed by atoms with E-state index in [9.17, 15) is 9.90 Å². The van der Waals surface area contributed by atoms with Crippen LogP contribution in [0.2, 0.25) is 0 Å². The summed E-state index contributed by atoms with van der Waals surface area (Å²) < 4.78 is 0. The summed E-state index contributed by atoms with van der Waals surface area (Å²) in [5.41, 5.74) is 0.478. The van der Waals surface area contributed by atoms with Crippen molar-refractivity contribution in [2.75, 3.05) is 6.61 Å². The van der Waals surface area contributed by atoms with Gasteiger partial charge in [0.15, 0.2) is 0 Å². The highest BCUT2D eigenvalue weighted by atomic mass is 16.3. The van der Waals surface area contributed by atoms with Crippen molar-refractivity contribution in [2.45, 2.75) is 32.2 Å². The lowest BCUT2D eigenvalue weighted by molar-refractivity contribution is 0.0826. The highest BCUT2D eigenvalue weighted by molar-refractivity contribution is 5.92. The first kappa shape index (κ1) is 13.5. The number of rotatable bonds is 3. The van der Waals surface area contributed by atoms with Gasteiger partial charge < -0.3 is 10.4 Å². The number of carbonyl (C=O) groups excluding carboxylic acids is 1. The first-order valence-electron chi connectivity index (χ1n) is 6.37. The van der Waals surface area contributed by atoms with Gasteiger partial charge in [0.05, 0.1) is 12.2 Å². The van der Waals surface area contributed by atoms with Crippen molar-refractivity contribution in [1.29, 1.82) is 5.26 Å². The second-order valence-corrected chi connectivity index (χ2v) is 5.27. The topological polar surface area (TPSA) is 86.0 Å². The molecule has 0 spiro atoms. The Morgan fingerprint density at radius 1 is 1.68 bits per heavy atom. The van der Waals surface area contributed by atoms with E-state index in [0.717, 1.165) is 19.3 Å². The van der Waals surface area contributed by atoms with Gasteiger partial charge >= 0.3 is 0 Å². The van der Waals surface area contributed by atoms with Crippen LogP contribution in [0.3, 0.4) is 0 Å². The fourth-order valence-corrected chi connectivity index (χ4v) is 2.49. The van der Waals surface area contributed by atoms with Crippen molar-refractivity contribution in [3.05, 3.63) is 29.6 Å². The average Bonchev–Trinajstić information content (AvgIpc) is 2.81. The highest BCUT2D eigenvalue weighted by Gasteiger charge is 2.39. The molecule has 100 valence electrons. The number of hydrogen-bond donors (Lipinski definition) is 2. The van der Waals surface area contributed by atoms with E-state index in [4.69, 9.17) is 5.26 Å². The molecule has 1 fully saturated rings.